The molecular formula is C15H26O6. The summed E-state index contributed by atoms with van der Waals surface area (Å²) in [5, 5.41) is 0. The predicted octanol–water partition coefficient (Wildman–Crippen LogP) is 2.10. The van der Waals surface area contributed by atoms with E-state index in [1.54, 1.807) is 41.5 Å². The molecule has 0 atom stereocenters. The molecule has 122 valence electrons. The van der Waals surface area contributed by atoms with Crippen LogP contribution in [0.1, 0.15) is 48.0 Å². The SMILES string of the molecule is CCOC(=O)C(CC)(COC(=O)C(C)(C)C)C(=O)OCC. The first kappa shape index (κ1) is 19.4. The molecule has 0 radical (unpaired) electrons. The number of hydrogen-bond acceptors (Lipinski definition) is 6. The van der Waals surface area contributed by atoms with Crippen molar-refractivity contribution < 1.29 is 28.6 Å². The molecule has 0 heterocycles. The fraction of sp³-hybridized carbons (Fsp3) is 0.800. The van der Waals surface area contributed by atoms with Crippen molar-refractivity contribution in [2.45, 2.75) is 48.0 Å². The predicted molar refractivity (Wildman–Crippen MR) is 76.4 cm³/mol. The van der Waals surface area contributed by atoms with E-state index in [2.05, 4.69) is 0 Å². The molecule has 0 spiro atoms. The van der Waals surface area contributed by atoms with E-state index in [-0.39, 0.29) is 26.2 Å². The van der Waals surface area contributed by atoms with Crippen LogP contribution in [-0.4, -0.2) is 37.7 Å². The van der Waals surface area contributed by atoms with E-state index < -0.39 is 28.7 Å². The van der Waals surface area contributed by atoms with E-state index in [1.165, 1.54) is 0 Å². The van der Waals surface area contributed by atoms with E-state index in [9.17, 15) is 14.4 Å². The van der Waals surface area contributed by atoms with Crippen LogP contribution in [0, 0.1) is 10.8 Å². The quantitative estimate of drug-likeness (QED) is 0.407. The minimum atomic E-state index is -1.60. The van der Waals surface area contributed by atoms with Crippen molar-refractivity contribution in [2.24, 2.45) is 10.8 Å². The fourth-order valence-electron chi connectivity index (χ4n) is 1.54. The van der Waals surface area contributed by atoms with Gasteiger partial charge in [0.05, 0.1) is 18.6 Å². The van der Waals surface area contributed by atoms with Crippen molar-refractivity contribution in [2.75, 3.05) is 19.8 Å². The molecule has 0 aliphatic rings. The molecule has 0 rings (SSSR count). The minimum Gasteiger partial charge on any atom is -0.465 e. The van der Waals surface area contributed by atoms with Gasteiger partial charge in [0.25, 0.3) is 0 Å². The average Bonchev–Trinajstić information content (AvgIpc) is 2.39. The Balaban J connectivity index is 5.25. The van der Waals surface area contributed by atoms with Gasteiger partial charge in [0.1, 0.15) is 6.61 Å². The van der Waals surface area contributed by atoms with Crippen molar-refractivity contribution in [1.29, 1.82) is 0 Å². The lowest BCUT2D eigenvalue weighted by Crippen LogP contribution is -2.46. The number of esters is 3. The molecule has 6 nitrogen and oxygen atoms in total. The highest BCUT2D eigenvalue weighted by atomic mass is 16.6. The Labute approximate surface area is 126 Å². The zero-order valence-electron chi connectivity index (χ0n) is 13.8. The molecule has 0 aromatic rings. The van der Waals surface area contributed by atoms with Crippen LogP contribution in [0.3, 0.4) is 0 Å². The standard InChI is InChI=1S/C15H26O6/c1-7-15(12(17)19-8-2,13(18)20-9-3)10-21-11(16)14(4,5)6/h7-10H2,1-6H3. The first-order valence-corrected chi connectivity index (χ1v) is 7.17. The van der Waals surface area contributed by atoms with Crippen LogP contribution < -0.4 is 0 Å². The third kappa shape index (κ3) is 5.02. The van der Waals surface area contributed by atoms with E-state index in [4.69, 9.17) is 14.2 Å². The van der Waals surface area contributed by atoms with Gasteiger partial charge in [0, 0.05) is 0 Å². The first-order chi connectivity index (χ1) is 9.65. The Morgan fingerprint density at radius 1 is 0.762 bits per heavy atom. The highest BCUT2D eigenvalue weighted by Gasteiger charge is 2.49. The summed E-state index contributed by atoms with van der Waals surface area (Å²) in [5.41, 5.74) is -2.32. The monoisotopic (exact) mass is 302 g/mol. The lowest BCUT2D eigenvalue weighted by Gasteiger charge is -2.28. The Morgan fingerprint density at radius 2 is 1.19 bits per heavy atom. The van der Waals surface area contributed by atoms with Crippen LogP contribution in [0.15, 0.2) is 0 Å². The Hall–Kier alpha value is -1.59. The number of carbonyl (C=O) groups excluding carboxylic acids is 3. The molecule has 6 heteroatoms. The molecule has 0 aromatic heterocycles. The van der Waals surface area contributed by atoms with Crippen LogP contribution in [0.4, 0.5) is 0 Å². The number of ether oxygens (including phenoxy) is 3. The second-order valence-corrected chi connectivity index (χ2v) is 5.70. The summed E-state index contributed by atoms with van der Waals surface area (Å²) in [5.74, 6) is -1.95. The molecule has 0 N–H and O–H groups in total. The molecule has 0 saturated heterocycles. The van der Waals surface area contributed by atoms with Gasteiger partial charge in [-0.15, -0.1) is 0 Å². The summed E-state index contributed by atoms with van der Waals surface area (Å²) >= 11 is 0. The first-order valence-electron chi connectivity index (χ1n) is 7.17. The van der Waals surface area contributed by atoms with E-state index in [0.717, 1.165) is 0 Å². The normalized spacial score (nSPS) is 11.7. The van der Waals surface area contributed by atoms with Crippen molar-refractivity contribution in [3.8, 4) is 0 Å². The average molecular weight is 302 g/mol. The smallest absolute Gasteiger partial charge is 0.327 e. The zero-order valence-corrected chi connectivity index (χ0v) is 13.8. The molecular weight excluding hydrogens is 276 g/mol. The molecule has 0 aliphatic carbocycles. The molecule has 0 aromatic carbocycles. The van der Waals surface area contributed by atoms with Gasteiger partial charge in [-0.05, 0) is 41.0 Å². The van der Waals surface area contributed by atoms with Gasteiger partial charge in [-0.2, -0.15) is 0 Å². The van der Waals surface area contributed by atoms with Crippen LogP contribution >= 0.6 is 0 Å². The van der Waals surface area contributed by atoms with Crippen LogP contribution in [0.5, 0.6) is 0 Å². The van der Waals surface area contributed by atoms with Gasteiger partial charge in [-0.25, -0.2) is 0 Å². The molecule has 0 amide bonds. The largest absolute Gasteiger partial charge is 0.465 e. The summed E-state index contributed by atoms with van der Waals surface area (Å²) in [6.07, 6.45) is 0.127. The highest BCUT2D eigenvalue weighted by Crippen LogP contribution is 2.28. The van der Waals surface area contributed by atoms with Gasteiger partial charge < -0.3 is 14.2 Å². The van der Waals surface area contributed by atoms with Crippen molar-refractivity contribution in [3.63, 3.8) is 0 Å². The Kier molecular flexibility index (Phi) is 7.39. The van der Waals surface area contributed by atoms with E-state index in [1.807, 2.05) is 0 Å². The molecule has 0 fully saturated rings. The summed E-state index contributed by atoms with van der Waals surface area (Å²) in [7, 11) is 0. The van der Waals surface area contributed by atoms with Crippen LogP contribution in [0.25, 0.3) is 0 Å². The van der Waals surface area contributed by atoms with Gasteiger partial charge in [-0.1, -0.05) is 6.92 Å². The van der Waals surface area contributed by atoms with Crippen molar-refractivity contribution >= 4 is 17.9 Å². The minimum absolute atomic E-state index is 0.127. The lowest BCUT2D eigenvalue weighted by atomic mass is 9.85. The highest BCUT2D eigenvalue weighted by molar-refractivity contribution is 6.00. The Morgan fingerprint density at radius 3 is 1.48 bits per heavy atom. The van der Waals surface area contributed by atoms with E-state index >= 15 is 0 Å². The van der Waals surface area contributed by atoms with Gasteiger partial charge >= 0.3 is 17.9 Å². The zero-order chi connectivity index (χ0) is 16.7. The maximum Gasteiger partial charge on any atom is 0.327 e. The second kappa shape index (κ2) is 8.00. The van der Waals surface area contributed by atoms with Gasteiger partial charge in [-0.3, -0.25) is 14.4 Å². The second-order valence-electron chi connectivity index (χ2n) is 5.70. The topological polar surface area (TPSA) is 78.9 Å². The van der Waals surface area contributed by atoms with Gasteiger partial charge in [0.2, 0.25) is 0 Å². The molecule has 0 saturated carbocycles. The summed E-state index contributed by atoms with van der Waals surface area (Å²) in [6.45, 7) is 9.90. The number of carbonyl (C=O) groups is 3. The summed E-state index contributed by atoms with van der Waals surface area (Å²) in [4.78, 5) is 36.2. The molecule has 21 heavy (non-hydrogen) atoms. The van der Waals surface area contributed by atoms with Crippen LogP contribution in [-0.2, 0) is 28.6 Å². The van der Waals surface area contributed by atoms with Crippen molar-refractivity contribution in [3.05, 3.63) is 0 Å². The lowest BCUT2D eigenvalue weighted by molar-refractivity contribution is -0.180. The third-order valence-electron chi connectivity index (χ3n) is 3.00. The number of rotatable bonds is 7. The van der Waals surface area contributed by atoms with Crippen LogP contribution in [0.2, 0.25) is 0 Å². The summed E-state index contributed by atoms with van der Waals surface area (Å²) in [6, 6.07) is 0. The van der Waals surface area contributed by atoms with Gasteiger partial charge in [0.15, 0.2) is 5.41 Å². The molecule has 0 unspecified atom stereocenters. The maximum absolute atomic E-state index is 12.2. The third-order valence-corrected chi connectivity index (χ3v) is 3.00. The fourth-order valence-corrected chi connectivity index (χ4v) is 1.54. The number of hydrogen-bond donors (Lipinski definition) is 0. The van der Waals surface area contributed by atoms with E-state index in [0.29, 0.717) is 0 Å². The Bertz CT molecular complexity index is 362. The van der Waals surface area contributed by atoms with Crippen molar-refractivity contribution in [1.82, 2.24) is 0 Å². The maximum atomic E-state index is 12.2. The molecule has 0 bridgehead atoms. The molecule has 0 aliphatic heterocycles. The summed E-state index contributed by atoms with van der Waals surface area (Å²) < 4.78 is 15.1.